The van der Waals surface area contributed by atoms with Gasteiger partial charge in [-0.15, -0.1) is 0 Å². The normalized spacial score (nSPS) is 52.8. The summed E-state index contributed by atoms with van der Waals surface area (Å²) in [4.78, 5) is 0. The van der Waals surface area contributed by atoms with Crippen LogP contribution < -0.4 is 5.73 Å². The van der Waals surface area contributed by atoms with E-state index < -0.39 is 0 Å². The molecule has 3 atom stereocenters. The van der Waals surface area contributed by atoms with Crippen molar-refractivity contribution in [1.82, 2.24) is 0 Å². The summed E-state index contributed by atoms with van der Waals surface area (Å²) < 4.78 is 0. The summed E-state index contributed by atoms with van der Waals surface area (Å²) in [5.41, 5.74) is 6.41. The van der Waals surface area contributed by atoms with Crippen molar-refractivity contribution in [1.29, 1.82) is 0 Å². The van der Waals surface area contributed by atoms with Gasteiger partial charge in [0.05, 0.1) is 6.10 Å². The topological polar surface area (TPSA) is 46.2 Å². The Labute approximate surface area is 80.5 Å². The zero-order valence-corrected chi connectivity index (χ0v) is 8.93. The van der Waals surface area contributed by atoms with E-state index in [0.717, 1.165) is 19.4 Å². The lowest BCUT2D eigenvalue weighted by Crippen LogP contribution is -2.40. The second kappa shape index (κ2) is 2.29. The predicted molar refractivity (Wildman–Crippen MR) is 53.2 cm³/mol. The molecule has 0 aliphatic heterocycles. The lowest BCUT2D eigenvalue weighted by Gasteiger charge is -2.40. The van der Waals surface area contributed by atoms with E-state index in [1.807, 2.05) is 0 Å². The van der Waals surface area contributed by atoms with Crippen molar-refractivity contribution < 1.29 is 5.11 Å². The van der Waals surface area contributed by atoms with Crippen LogP contribution >= 0.6 is 0 Å². The van der Waals surface area contributed by atoms with Crippen molar-refractivity contribution in [3.8, 4) is 0 Å². The van der Waals surface area contributed by atoms with Crippen molar-refractivity contribution in [2.45, 2.75) is 46.1 Å². The lowest BCUT2D eigenvalue weighted by atomic mass is 9.65. The lowest BCUT2D eigenvalue weighted by molar-refractivity contribution is 0.0113. The molecule has 0 spiro atoms. The highest BCUT2D eigenvalue weighted by Gasteiger charge is 2.68. The molecule has 0 aromatic carbocycles. The summed E-state index contributed by atoms with van der Waals surface area (Å²) in [6.45, 7) is 7.51. The molecule has 0 saturated heterocycles. The van der Waals surface area contributed by atoms with E-state index in [2.05, 4.69) is 20.8 Å². The van der Waals surface area contributed by atoms with Crippen molar-refractivity contribution in [3.05, 3.63) is 0 Å². The van der Waals surface area contributed by atoms with E-state index in [4.69, 9.17) is 5.73 Å². The third-order valence-electron chi connectivity index (χ3n) is 5.59. The molecule has 2 rings (SSSR count). The molecule has 2 heteroatoms. The second-order valence-electron chi connectivity index (χ2n) is 5.75. The van der Waals surface area contributed by atoms with Crippen molar-refractivity contribution >= 4 is 0 Å². The Kier molecular flexibility index (Phi) is 1.67. The minimum absolute atomic E-state index is 0.104. The molecule has 2 fully saturated rings. The van der Waals surface area contributed by atoms with Gasteiger partial charge in [0.2, 0.25) is 0 Å². The van der Waals surface area contributed by atoms with Gasteiger partial charge in [0.25, 0.3) is 0 Å². The molecule has 0 unspecified atom stereocenters. The van der Waals surface area contributed by atoms with Gasteiger partial charge < -0.3 is 10.8 Å². The number of rotatable bonds is 1. The minimum Gasteiger partial charge on any atom is -0.393 e. The Hall–Kier alpha value is -0.0800. The maximum atomic E-state index is 10.1. The van der Waals surface area contributed by atoms with Gasteiger partial charge in [-0.05, 0) is 42.1 Å². The van der Waals surface area contributed by atoms with E-state index in [9.17, 15) is 5.11 Å². The number of nitrogens with two attached hydrogens (primary N) is 1. The van der Waals surface area contributed by atoms with Crippen LogP contribution in [0.4, 0.5) is 0 Å². The van der Waals surface area contributed by atoms with Gasteiger partial charge in [-0.1, -0.05) is 20.8 Å². The molecule has 2 nitrogen and oxygen atoms in total. The Morgan fingerprint density at radius 2 is 1.92 bits per heavy atom. The Morgan fingerprint density at radius 3 is 2.15 bits per heavy atom. The van der Waals surface area contributed by atoms with E-state index in [1.54, 1.807) is 0 Å². The van der Waals surface area contributed by atoms with E-state index in [1.165, 1.54) is 6.42 Å². The molecule has 13 heavy (non-hydrogen) atoms. The minimum atomic E-state index is -0.139. The first-order chi connectivity index (χ1) is 5.90. The zero-order chi connectivity index (χ0) is 9.91. The van der Waals surface area contributed by atoms with Gasteiger partial charge in [0, 0.05) is 0 Å². The Bertz CT molecular complexity index is 238. The van der Waals surface area contributed by atoms with Gasteiger partial charge in [-0.25, -0.2) is 0 Å². The van der Waals surface area contributed by atoms with E-state index in [-0.39, 0.29) is 22.3 Å². The van der Waals surface area contributed by atoms with Crippen LogP contribution in [0.2, 0.25) is 0 Å². The van der Waals surface area contributed by atoms with Crippen molar-refractivity contribution in [3.63, 3.8) is 0 Å². The standard InChI is InChI=1S/C11H21NO/c1-9(2)10(3)4-5-11(9,7-12)6-8(10)13/h8,13H,4-7,12H2,1-3H3/t8-,10+,11-/m0/s1. The van der Waals surface area contributed by atoms with E-state index >= 15 is 0 Å². The van der Waals surface area contributed by atoms with Crippen LogP contribution in [-0.4, -0.2) is 17.8 Å². The van der Waals surface area contributed by atoms with Gasteiger partial charge >= 0.3 is 0 Å². The van der Waals surface area contributed by atoms with Gasteiger partial charge in [0.15, 0.2) is 0 Å². The fourth-order valence-corrected chi connectivity index (χ4v) is 3.71. The van der Waals surface area contributed by atoms with Crippen LogP contribution in [0.15, 0.2) is 0 Å². The molecule has 0 aromatic rings. The first-order valence-corrected chi connectivity index (χ1v) is 5.28. The molecular formula is C11H21NO. The maximum absolute atomic E-state index is 10.1. The summed E-state index contributed by atoms with van der Waals surface area (Å²) in [5, 5.41) is 10.1. The summed E-state index contributed by atoms with van der Waals surface area (Å²) in [7, 11) is 0. The van der Waals surface area contributed by atoms with Crippen LogP contribution in [0.25, 0.3) is 0 Å². The van der Waals surface area contributed by atoms with Gasteiger partial charge in [-0.2, -0.15) is 0 Å². The smallest absolute Gasteiger partial charge is 0.0605 e. The summed E-state index contributed by atoms with van der Waals surface area (Å²) >= 11 is 0. The highest BCUT2D eigenvalue weighted by atomic mass is 16.3. The number of hydrogen-bond acceptors (Lipinski definition) is 2. The average Bonchev–Trinajstić information content (AvgIpc) is 2.34. The maximum Gasteiger partial charge on any atom is 0.0605 e. The Morgan fingerprint density at radius 1 is 1.31 bits per heavy atom. The highest BCUT2D eigenvalue weighted by Crippen LogP contribution is 2.71. The molecule has 0 amide bonds. The monoisotopic (exact) mass is 183 g/mol. The number of aliphatic hydroxyl groups is 1. The molecule has 2 aliphatic carbocycles. The fourth-order valence-electron chi connectivity index (χ4n) is 3.71. The molecule has 0 heterocycles. The van der Waals surface area contributed by atoms with Crippen LogP contribution in [0.3, 0.4) is 0 Å². The first-order valence-electron chi connectivity index (χ1n) is 5.28. The largest absolute Gasteiger partial charge is 0.393 e. The molecule has 0 aromatic heterocycles. The van der Waals surface area contributed by atoms with Gasteiger partial charge in [0.1, 0.15) is 0 Å². The fraction of sp³-hybridized carbons (Fsp3) is 1.00. The predicted octanol–water partition coefficient (Wildman–Crippen LogP) is 1.52. The Balaban J connectivity index is 2.46. The second-order valence-corrected chi connectivity index (χ2v) is 5.75. The third kappa shape index (κ3) is 0.774. The SMILES string of the molecule is CC1(C)[C@@]2(CN)CC[C@]1(C)[C@@H](O)C2. The average molecular weight is 183 g/mol. The molecule has 2 saturated carbocycles. The molecular weight excluding hydrogens is 162 g/mol. The molecule has 76 valence electrons. The number of hydrogen-bond donors (Lipinski definition) is 2. The third-order valence-corrected chi connectivity index (χ3v) is 5.59. The number of fused-ring (bicyclic) bond motifs is 2. The van der Waals surface area contributed by atoms with Crippen molar-refractivity contribution in [2.24, 2.45) is 22.0 Å². The molecule has 0 radical (unpaired) electrons. The molecule has 2 aliphatic rings. The summed E-state index contributed by atoms with van der Waals surface area (Å²) in [6.07, 6.45) is 3.11. The van der Waals surface area contributed by atoms with Crippen LogP contribution in [0.1, 0.15) is 40.0 Å². The van der Waals surface area contributed by atoms with E-state index in [0.29, 0.717) is 0 Å². The highest BCUT2D eigenvalue weighted by molar-refractivity contribution is 5.18. The zero-order valence-electron chi connectivity index (χ0n) is 8.93. The summed E-state index contributed by atoms with van der Waals surface area (Å²) in [6, 6.07) is 0. The summed E-state index contributed by atoms with van der Waals surface area (Å²) in [5.74, 6) is 0. The molecule has 2 bridgehead atoms. The molecule has 3 N–H and O–H groups in total. The van der Waals surface area contributed by atoms with Crippen LogP contribution in [0, 0.1) is 16.2 Å². The van der Waals surface area contributed by atoms with Gasteiger partial charge in [-0.3, -0.25) is 0 Å². The quantitative estimate of drug-likeness (QED) is 0.647. The number of aliphatic hydroxyl groups excluding tert-OH is 1. The van der Waals surface area contributed by atoms with Crippen LogP contribution in [-0.2, 0) is 0 Å². The first kappa shape index (κ1) is 9.47. The van der Waals surface area contributed by atoms with Crippen LogP contribution in [0.5, 0.6) is 0 Å². The van der Waals surface area contributed by atoms with Crippen molar-refractivity contribution in [2.75, 3.05) is 6.54 Å².